The molecule has 0 radical (unpaired) electrons. The number of carboxylic acid groups (broad SMARTS) is 1. The summed E-state index contributed by atoms with van der Waals surface area (Å²) in [5.74, 6) is -2.93. The SMILES string of the molecule is O=C(Cc1ccccc1)N[C@@H]1C(=O)N2C(C(=O)O)=C3C[C@H](c4ccccc4)[C@@H]3S(=O)(=O)[C@H]12. The number of nitrogens with one attached hydrogen (secondary N) is 1. The number of β-lactam (4-membered cyclic amide) rings is 1. The second kappa shape index (κ2) is 7.30. The maximum absolute atomic E-state index is 13.5. The summed E-state index contributed by atoms with van der Waals surface area (Å²) in [7, 11) is -3.96. The molecule has 0 bridgehead atoms. The lowest BCUT2D eigenvalue weighted by Gasteiger charge is -2.55. The van der Waals surface area contributed by atoms with Gasteiger partial charge in [-0.3, -0.25) is 14.5 Å². The van der Waals surface area contributed by atoms with Crippen LogP contribution in [0.3, 0.4) is 0 Å². The number of fused-ring (bicyclic) bond motifs is 2. The number of amides is 2. The molecule has 4 atom stereocenters. The summed E-state index contributed by atoms with van der Waals surface area (Å²) >= 11 is 0. The van der Waals surface area contributed by atoms with E-state index >= 15 is 0 Å². The summed E-state index contributed by atoms with van der Waals surface area (Å²) in [6, 6.07) is 16.6. The predicted octanol–water partition coefficient (Wildman–Crippen LogP) is 1.21. The molecule has 2 heterocycles. The fraction of sp³-hybridized carbons (Fsp3) is 0.261. The lowest BCUT2D eigenvalue weighted by Crippen LogP contribution is -2.77. The maximum atomic E-state index is 13.5. The van der Waals surface area contributed by atoms with Crippen LogP contribution in [-0.4, -0.2) is 52.9 Å². The third-order valence-electron chi connectivity index (χ3n) is 6.38. The normalized spacial score (nSPS) is 27.5. The molecule has 0 aromatic heterocycles. The number of sulfone groups is 1. The molecule has 2 aromatic carbocycles. The van der Waals surface area contributed by atoms with Crippen molar-refractivity contribution in [2.75, 3.05) is 0 Å². The summed E-state index contributed by atoms with van der Waals surface area (Å²) in [4.78, 5) is 38.1. The highest BCUT2D eigenvalue weighted by atomic mass is 32.2. The zero-order chi connectivity index (χ0) is 22.6. The van der Waals surface area contributed by atoms with Crippen LogP contribution >= 0.6 is 0 Å². The Morgan fingerprint density at radius 1 is 1.03 bits per heavy atom. The number of carboxylic acids is 1. The van der Waals surface area contributed by atoms with Crippen molar-refractivity contribution in [2.45, 2.75) is 35.4 Å². The van der Waals surface area contributed by atoms with Gasteiger partial charge in [-0.1, -0.05) is 60.7 Å². The Balaban J connectivity index is 1.46. The summed E-state index contributed by atoms with van der Waals surface area (Å²) < 4.78 is 27.0. The van der Waals surface area contributed by atoms with Crippen molar-refractivity contribution in [1.29, 1.82) is 0 Å². The van der Waals surface area contributed by atoms with Crippen molar-refractivity contribution in [3.05, 3.63) is 83.1 Å². The molecule has 1 saturated heterocycles. The summed E-state index contributed by atoms with van der Waals surface area (Å²) in [5.41, 5.74) is 1.51. The molecule has 32 heavy (non-hydrogen) atoms. The van der Waals surface area contributed by atoms with E-state index < -0.39 is 44.3 Å². The molecule has 3 aliphatic rings. The quantitative estimate of drug-likeness (QED) is 0.658. The average molecular weight is 452 g/mol. The molecule has 2 aliphatic heterocycles. The number of benzene rings is 2. The highest BCUT2D eigenvalue weighted by Gasteiger charge is 2.67. The van der Waals surface area contributed by atoms with Crippen LogP contribution < -0.4 is 5.32 Å². The fourth-order valence-electron chi connectivity index (χ4n) is 4.92. The summed E-state index contributed by atoms with van der Waals surface area (Å²) in [6.45, 7) is 0. The number of rotatable bonds is 5. The lowest BCUT2D eigenvalue weighted by molar-refractivity contribution is -0.151. The first-order valence-corrected chi connectivity index (χ1v) is 11.8. The molecule has 2 fully saturated rings. The lowest BCUT2D eigenvalue weighted by atomic mass is 9.73. The molecule has 2 N–H and O–H groups in total. The molecular weight excluding hydrogens is 432 g/mol. The Morgan fingerprint density at radius 2 is 1.66 bits per heavy atom. The van der Waals surface area contributed by atoms with E-state index in [9.17, 15) is 27.9 Å². The van der Waals surface area contributed by atoms with Crippen LogP contribution in [0, 0.1) is 0 Å². The number of hydrogen-bond acceptors (Lipinski definition) is 5. The molecule has 0 unspecified atom stereocenters. The van der Waals surface area contributed by atoms with E-state index in [-0.39, 0.29) is 30.0 Å². The number of carbonyl (C=O) groups is 3. The van der Waals surface area contributed by atoms with Crippen LogP contribution in [0.25, 0.3) is 0 Å². The van der Waals surface area contributed by atoms with Gasteiger partial charge in [-0.05, 0) is 23.1 Å². The molecule has 9 heteroatoms. The summed E-state index contributed by atoms with van der Waals surface area (Å²) in [5, 5.41) is 9.84. The van der Waals surface area contributed by atoms with Gasteiger partial charge >= 0.3 is 5.97 Å². The van der Waals surface area contributed by atoms with E-state index in [2.05, 4.69) is 5.32 Å². The van der Waals surface area contributed by atoms with E-state index in [4.69, 9.17) is 0 Å². The zero-order valence-corrected chi connectivity index (χ0v) is 17.7. The van der Waals surface area contributed by atoms with Gasteiger partial charge in [0.1, 0.15) is 11.7 Å². The van der Waals surface area contributed by atoms with E-state index in [1.165, 1.54) is 0 Å². The number of hydrogen-bond donors (Lipinski definition) is 2. The largest absolute Gasteiger partial charge is 0.477 e. The van der Waals surface area contributed by atoms with E-state index in [0.717, 1.165) is 16.0 Å². The van der Waals surface area contributed by atoms with E-state index in [1.54, 1.807) is 36.4 Å². The average Bonchev–Trinajstić information content (AvgIpc) is 2.73. The monoisotopic (exact) mass is 452 g/mol. The van der Waals surface area contributed by atoms with Crippen LogP contribution in [0.1, 0.15) is 23.5 Å². The van der Waals surface area contributed by atoms with Gasteiger partial charge in [0.15, 0.2) is 15.2 Å². The minimum absolute atomic E-state index is 0.0136. The van der Waals surface area contributed by atoms with Crippen LogP contribution in [0.2, 0.25) is 0 Å². The first kappa shape index (κ1) is 20.4. The Labute approximate surface area is 184 Å². The number of carbonyl (C=O) groups excluding carboxylic acids is 2. The third kappa shape index (κ3) is 2.96. The standard InChI is InChI=1S/C23H20N2O6S/c26-17(11-13-7-3-1-4-8-13)24-18-21(27)25-19(23(28)29)16-12-15(14-9-5-2-6-10-14)20(16)32(30,31)22(18)25/h1-10,15,18,20,22H,11-12H2,(H,24,26)(H,28,29)/t15-,18-,20+,22-/m1/s1. The topological polar surface area (TPSA) is 121 Å². The first-order chi connectivity index (χ1) is 15.3. The zero-order valence-electron chi connectivity index (χ0n) is 16.8. The van der Waals surface area contributed by atoms with Crippen LogP contribution in [0.5, 0.6) is 0 Å². The number of aliphatic carboxylic acids is 1. The highest BCUT2D eigenvalue weighted by molar-refractivity contribution is 7.93. The van der Waals surface area contributed by atoms with Crippen LogP contribution in [0.15, 0.2) is 71.9 Å². The second-order valence-corrected chi connectivity index (χ2v) is 10.4. The van der Waals surface area contributed by atoms with Gasteiger partial charge in [-0.15, -0.1) is 0 Å². The Morgan fingerprint density at radius 3 is 2.28 bits per heavy atom. The minimum atomic E-state index is -3.96. The van der Waals surface area contributed by atoms with Crippen molar-refractivity contribution in [2.24, 2.45) is 0 Å². The van der Waals surface area contributed by atoms with E-state index in [0.29, 0.717) is 0 Å². The van der Waals surface area contributed by atoms with Gasteiger partial charge in [0.25, 0.3) is 5.91 Å². The van der Waals surface area contributed by atoms with Gasteiger partial charge < -0.3 is 10.4 Å². The fourth-order valence-corrected chi connectivity index (χ4v) is 7.60. The summed E-state index contributed by atoms with van der Waals surface area (Å²) in [6.07, 6.45) is 0.247. The molecule has 8 nitrogen and oxygen atoms in total. The second-order valence-electron chi connectivity index (χ2n) is 8.22. The van der Waals surface area contributed by atoms with Crippen molar-refractivity contribution in [3.63, 3.8) is 0 Å². The van der Waals surface area contributed by atoms with Crippen molar-refractivity contribution in [3.8, 4) is 0 Å². The van der Waals surface area contributed by atoms with E-state index in [1.807, 2.05) is 24.3 Å². The van der Waals surface area contributed by atoms with Gasteiger partial charge in [0, 0.05) is 5.92 Å². The van der Waals surface area contributed by atoms with Gasteiger partial charge in [0.2, 0.25) is 5.91 Å². The highest BCUT2D eigenvalue weighted by Crippen LogP contribution is 2.54. The van der Waals surface area contributed by atoms with Crippen molar-refractivity contribution in [1.82, 2.24) is 10.2 Å². The smallest absolute Gasteiger partial charge is 0.352 e. The Hall–Kier alpha value is -3.46. The molecule has 0 spiro atoms. The minimum Gasteiger partial charge on any atom is -0.477 e. The molecule has 5 rings (SSSR count). The van der Waals surface area contributed by atoms with Crippen molar-refractivity contribution >= 4 is 27.6 Å². The van der Waals surface area contributed by atoms with Gasteiger partial charge in [-0.25, -0.2) is 13.2 Å². The van der Waals surface area contributed by atoms with Gasteiger partial charge in [0.05, 0.1) is 11.7 Å². The molecule has 1 saturated carbocycles. The third-order valence-corrected chi connectivity index (χ3v) is 8.86. The van der Waals surface area contributed by atoms with Crippen LogP contribution in [-0.2, 0) is 30.6 Å². The molecule has 164 valence electrons. The predicted molar refractivity (Wildman–Crippen MR) is 114 cm³/mol. The van der Waals surface area contributed by atoms with Crippen molar-refractivity contribution < 1.29 is 27.9 Å². The van der Waals surface area contributed by atoms with Gasteiger partial charge in [-0.2, -0.15) is 0 Å². The maximum Gasteiger partial charge on any atom is 0.352 e. The number of nitrogens with zero attached hydrogens (tertiary/aromatic N) is 1. The molecule has 1 aliphatic carbocycles. The molecule has 2 aromatic rings. The Kier molecular flexibility index (Phi) is 4.67. The molecular formula is C23H20N2O6S. The Bertz CT molecular complexity index is 1260. The molecule has 2 amide bonds. The van der Waals surface area contributed by atoms with Crippen LogP contribution in [0.4, 0.5) is 0 Å². The first-order valence-electron chi connectivity index (χ1n) is 10.2.